The van der Waals surface area contributed by atoms with Gasteiger partial charge in [-0.2, -0.15) is 0 Å². The molecule has 1 aromatic heterocycles. The Balaban J connectivity index is 1.70. The number of ether oxygens (including phenoxy) is 3. The fourth-order valence-electron chi connectivity index (χ4n) is 5.08. The summed E-state index contributed by atoms with van der Waals surface area (Å²) in [5, 5.41) is 3.39. The van der Waals surface area contributed by atoms with Gasteiger partial charge in [0, 0.05) is 54.3 Å². The number of nitrogens with zero attached hydrogens (tertiary/aromatic N) is 3. The molecule has 3 atom stereocenters. The Hall–Kier alpha value is -2.63. The summed E-state index contributed by atoms with van der Waals surface area (Å²) in [5.74, 6) is -2.66. The van der Waals surface area contributed by atoms with Crippen molar-refractivity contribution >= 4 is 40.6 Å². The van der Waals surface area contributed by atoms with Crippen molar-refractivity contribution in [3.63, 3.8) is 0 Å². The number of benzene rings is 1. The van der Waals surface area contributed by atoms with Gasteiger partial charge in [0.05, 0.1) is 38.1 Å². The van der Waals surface area contributed by atoms with E-state index in [-0.39, 0.29) is 12.2 Å². The minimum absolute atomic E-state index is 0.0424. The third kappa shape index (κ3) is 6.32. The van der Waals surface area contributed by atoms with E-state index in [0.717, 1.165) is 11.6 Å². The fourth-order valence-corrected chi connectivity index (χ4v) is 5.99. The number of halogens is 1. The number of thiazole rings is 1. The standard InChI is InChI=1S/C27H33ClN4O5S/c1-17-22(25(33)35-3)23(18-6-4-5-7-19(18)28)24(20(31-17)15-36-12-9-29)26(34)37-27(2)8-11-32(16-27)14-21-30-10-13-38-21/h4-7,10,13,22-23H,8-9,11-12,14-16,29H2,1-3H3. The van der Waals surface area contributed by atoms with Crippen molar-refractivity contribution < 1.29 is 23.8 Å². The molecule has 0 aliphatic carbocycles. The van der Waals surface area contributed by atoms with E-state index >= 15 is 0 Å². The molecule has 2 aliphatic rings. The van der Waals surface area contributed by atoms with Gasteiger partial charge in [0.15, 0.2) is 0 Å². The summed E-state index contributed by atoms with van der Waals surface area (Å²) in [6.07, 6.45) is 2.45. The van der Waals surface area contributed by atoms with Crippen molar-refractivity contribution in [2.24, 2.45) is 16.6 Å². The highest BCUT2D eigenvalue weighted by molar-refractivity contribution is 7.09. The van der Waals surface area contributed by atoms with Crippen molar-refractivity contribution in [3.8, 4) is 0 Å². The number of likely N-dealkylation sites (tertiary alicyclic amines) is 1. The summed E-state index contributed by atoms with van der Waals surface area (Å²) in [5.41, 5.74) is 6.65. The van der Waals surface area contributed by atoms with Gasteiger partial charge in [-0.1, -0.05) is 29.8 Å². The number of hydrogen-bond acceptors (Lipinski definition) is 10. The summed E-state index contributed by atoms with van der Waals surface area (Å²) in [6, 6.07) is 7.15. The lowest BCUT2D eigenvalue weighted by molar-refractivity contribution is -0.152. The van der Waals surface area contributed by atoms with Crippen molar-refractivity contribution in [2.45, 2.75) is 38.3 Å². The second kappa shape index (κ2) is 12.5. The van der Waals surface area contributed by atoms with Crippen LogP contribution in [0.15, 0.2) is 52.1 Å². The first-order chi connectivity index (χ1) is 18.3. The average molecular weight is 561 g/mol. The molecule has 204 valence electrons. The van der Waals surface area contributed by atoms with Crippen LogP contribution in [0.1, 0.15) is 36.8 Å². The highest BCUT2D eigenvalue weighted by Gasteiger charge is 2.46. The second-order valence-corrected chi connectivity index (χ2v) is 11.1. The molecule has 0 saturated carbocycles. The molecule has 1 fully saturated rings. The minimum atomic E-state index is -0.849. The molecule has 0 amide bonds. The zero-order chi connectivity index (χ0) is 27.3. The van der Waals surface area contributed by atoms with Gasteiger partial charge in [-0.15, -0.1) is 11.3 Å². The fraction of sp³-hybridized carbons (Fsp3) is 0.481. The summed E-state index contributed by atoms with van der Waals surface area (Å²) in [6.45, 7) is 6.35. The monoisotopic (exact) mass is 560 g/mol. The maximum absolute atomic E-state index is 14.0. The molecule has 1 aromatic carbocycles. The van der Waals surface area contributed by atoms with E-state index in [4.69, 9.17) is 31.5 Å². The van der Waals surface area contributed by atoms with Crippen LogP contribution in [0.5, 0.6) is 0 Å². The molecule has 2 aliphatic heterocycles. The van der Waals surface area contributed by atoms with Gasteiger partial charge in [0.2, 0.25) is 0 Å². The summed E-state index contributed by atoms with van der Waals surface area (Å²) < 4.78 is 17.0. The number of carbonyl (C=O) groups excluding carboxylic acids is 2. The summed E-state index contributed by atoms with van der Waals surface area (Å²) in [4.78, 5) is 38.3. The average Bonchev–Trinajstić information content (AvgIpc) is 3.53. The van der Waals surface area contributed by atoms with Gasteiger partial charge < -0.3 is 19.9 Å². The lowest BCUT2D eigenvalue weighted by atomic mass is 9.75. The Morgan fingerprint density at radius 3 is 2.79 bits per heavy atom. The molecule has 0 bridgehead atoms. The maximum atomic E-state index is 14.0. The van der Waals surface area contributed by atoms with Crippen LogP contribution in [-0.2, 0) is 30.3 Å². The Kier molecular flexibility index (Phi) is 9.32. The molecular formula is C27H33ClN4O5S. The lowest BCUT2D eigenvalue weighted by Gasteiger charge is -2.34. The van der Waals surface area contributed by atoms with Crippen molar-refractivity contribution in [1.29, 1.82) is 0 Å². The predicted molar refractivity (Wildman–Crippen MR) is 146 cm³/mol. The van der Waals surface area contributed by atoms with Crippen molar-refractivity contribution in [1.82, 2.24) is 9.88 Å². The van der Waals surface area contributed by atoms with Crippen LogP contribution in [0.4, 0.5) is 0 Å². The van der Waals surface area contributed by atoms with Crippen LogP contribution in [0.25, 0.3) is 0 Å². The Morgan fingerprint density at radius 1 is 1.32 bits per heavy atom. The SMILES string of the molecule is COC(=O)C1C(C)=NC(COCCN)=C(C(=O)OC2(C)CCN(Cc3nccs3)C2)C1c1ccccc1Cl. The van der Waals surface area contributed by atoms with Crippen molar-refractivity contribution in [3.05, 3.63) is 62.7 Å². The van der Waals surface area contributed by atoms with Crippen LogP contribution >= 0.6 is 22.9 Å². The quantitative estimate of drug-likeness (QED) is 0.346. The van der Waals surface area contributed by atoms with E-state index in [1.807, 2.05) is 18.4 Å². The summed E-state index contributed by atoms with van der Waals surface area (Å²) in [7, 11) is 1.32. The van der Waals surface area contributed by atoms with Gasteiger partial charge in [-0.3, -0.25) is 14.7 Å². The van der Waals surface area contributed by atoms with E-state index in [1.165, 1.54) is 7.11 Å². The van der Waals surface area contributed by atoms with Crippen LogP contribution in [-0.4, -0.2) is 73.1 Å². The summed E-state index contributed by atoms with van der Waals surface area (Å²) >= 11 is 8.22. The maximum Gasteiger partial charge on any atom is 0.337 e. The molecule has 1 saturated heterocycles. The van der Waals surface area contributed by atoms with Gasteiger partial charge in [0.25, 0.3) is 0 Å². The number of aliphatic imine (C=N–C) groups is 1. The van der Waals surface area contributed by atoms with Crippen molar-refractivity contribution in [2.75, 3.05) is 40.0 Å². The zero-order valence-electron chi connectivity index (χ0n) is 21.8. The highest BCUT2D eigenvalue weighted by Crippen LogP contribution is 2.43. The van der Waals surface area contributed by atoms with E-state index in [9.17, 15) is 9.59 Å². The molecule has 4 rings (SSSR count). The van der Waals surface area contributed by atoms with Crippen LogP contribution < -0.4 is 5.73 Å². The van der Waals surface area contributed by atoms with E-state index in [0.29, 0.717) is 54.7 Å². The number of aromatic nitrogens is 1. The first kappa shape index (κ1) is 28.4. The number of esters is 2. The topological polar surface area (TPSA) is 116 Å². The van der Waals surface area contributed by atoms with Gasteiger partial charge >= 0.3 is 11.9 Å². The molecule has 2 aromatic rings. The number of hydrogen-bond donors (Lipinski definition) is 1. The smallest absolute Gasteiger partial charge is 0.337 e. The molecule has 0 spiro atoms. The Morgan fingerprint density at radius 2 is 2.11 bits per heavy atom. The van der Waals surface area contributed by atoms with Crippen LogP contribution in [0.3, 0.4) is 0 Å². The second-order valence-electron chi connectivity index (χ2n) is 9.68. The largest absolute Gasteiger partial charge is 0.468 e. The Labute approximate surface area is 231 Å². The highest BCUT2D eigenvalue weighted by atomic mass is 35.5. The molecule has 3 heterocycles. The molecule has 9 nitrogen and oxygen atoms in total. The molecule has 11 heteroatoms. The third-order valence-electron chi connectivity index (χ3n) is 6.83. The normalized spacial score (nSPS) is 23.9. The first-order valence-electron chi connectivity index (χ1n) is 12.5. The van der Waals surface area contributed by atoms with Crippen LogP contribution in [0, 0.1) is 5.92 Å². The lowest BCUT2D eigenvalue weighted by Crippen LogP contribution is -2.40. The molecule has 2 N–H and O–H groups in total. The predicted octanol–water partition coefficient (Wildman–Crippen LogP) is 3.58. The zero-order valence-corrected chi connectivity index (χ0v) is 23.4. The third-order valence-corrected chi connectivity index (χ3v) is 7.94. The van der Waals surface area contributed by atoms with E-state index in [2.05, 4.69) is 14.9 Å². The van der Waals surface area contributed by atoms with Gasteiger partial charge in [-0.05, 0) is 25.5 Å². The molecular weight excluding hydrogens is 528 g/mol. The Bertz CT molecular complexity index is 1220. The minimum Gasteiger partial charge on any atom is -0.468 e. The number of rotatable bonds is 10. The van der Waals surface area contributed by atoms with Gasteiger partial charge in [-0.25, -0.2) is 9.78 Å². The number of methoxy groups -OCH3 is 1. The van der Waals surface area contributed by atoms with Crippen LogP contribution in [0.2, 0.25) is 5.02 Å². The van der Waals surface area contributed by atoms with Gasteiger partial charge in [0.1, 0.15) is 16.5 Å². The molecule has 0 radical (unpaired) electrons. The molecule has 3 unspecified atom stereocenters. The number of nitrogens with two attached hydrogens (primary N) is 1. The number of carbonyl (C=O) groups is 2. The van der Waals surface area contributed by atoms with E-state index in [1.54, 1.807) is 42.7 Å². The molecule has 38 heavy (non-hydrogen) atoms. The van der Waals surface area contributed by atoms with E-state index < -0.39 is 29.4 Å². The first-order valence-corrected chi connectivity index (χ1v) is 13.7.